The molecule has 0 spiro atoms. The van der Waals surface area contributed by atoms with Gasteiger partial charge < -0.3 is 5.11 Å². The van der Waals surface area contributed by atoms with Crippen molar-refractivity contribution in [2.75, 3.05) is 0 Å². The van der Waals surface area contributed by atoms with E-state index < -0.39 is 0 Å². The normalized spacial score (nSPS) is 26.5. The molecule has 1 aromatic heterocycles. The summed E-state index contributed by atoms with van der Waals surface area (Å²) in [7, 11) is 0. The zero-order chi connectivity index (χ0) is 10.7. The van der Waals surface area contributed by atoms with Gasteiger partial charge in [-0.05, 0) is 25.2 Å². The highest BCUT2D eigenvalue weighted by molar-refractivity contribution is 5.70. The number of nitrogens with zero attached hydrogens (tertiary/aromatic N) is 3. The SMILES string of the molecule is O=Cc1cn(CC2CCCC(O)C2)nn1. The first-order chi connectivity index (χ1) is 7.28. The van der Waals surface area contributed by atoms with Crippen molar-refractivity contribution in [3.8, 4) is 0 Å². The summed E-state index contributed by atoms with van der Waals surface area (Å²) in [6.45, 7) is 0.748. The summed E-state index contributed by atoms with van der Waals surface area (Å²) in [6.07, 6.45) is 6.10. The lowest BCUT2D eigenvalue weighted by Crippen LogP contribution is -2.23. The van der Waals surface area contributed by atoms with Crippen molar-refractivity contribution < 1.29 is 9.90 Å². The molecule has 1 N–H and O–H groups in total. The molecule has 5 nitrogen and oxygen atoms in total. The van der Waals surface area contributed by atoms with Gasteiger partial charge in [-0.25, -0.2) is 0 Å². The molecule has 0 aliphatic heterocycles. The van der Waals surface area contributed by atoms with Crippen LogP contribution in [0.1, 0.15) is 36.2 Å². The minimum atomic E-state index is -0.169. The van der Waals surface area contributed by atoms with Crippen LogP contribution in [0.25, 0.3) is 0 Å². The van der Waals surface area contributed by atoms with E-state index in [2.05, 4.69) is 10.3 Å². The third-order valence-corrected chi connectivity index (χ3v) is 2.88. The highest BCUT2D eigenvalue weighted by atomic mass is 16.3. The molecule has 0 bridgehead atoms. The maximum atomic E-state index is 10.4. The van der Waals surface area contributed by atoms with Crippen LogP contribution < -0.4 is 0 Å². The fourth-order valence-corrected chi connectivity index (χ4v) is 2.15. The van der Waals surface area contributed by atoms with Crippen molar-refractivity contribution in [3.63, 3.8) is 0 Å². The van der Waals surface area contributed by atoms with Gasteiger partial charge in [0.2, 0.25) is 0 Å². The molecule has 0 saturated heterocycles. The molecule has 1 heterocycles. The third kappa shape index (κ3) is 2.62. The Kier molecular flexibility index (Phi) is 3.11. The Bertz CT molecular complexity index is 337. The summed E-state index contributed by atoms with van der Waals surface area (Å²) in [5.74, 6) is 0.454. The van der Waals surface area contributed by atoms with E-state index in [-0.39, 0.29) is 6.10 Å². The van der Waals surface area contributed by atoms with Gasteiger partial charge >= 0.3 is 0 Å². The molecule has 1 aliphatic carbocycles. The fourth-order valence-electron chi connectivity index (χ4n) is 2.15. The summed E-state index contributed by atoms with van der Waals surface area (Å²) < 4.78 is 1.69. The Morgan fingerprint density at radius 3 is 3.13 bits per heavy atom. The molecule has 1 aromatic rings. The Hall–Kier alpha value is -1.23. The number of aromatic nitrogens is 3. The van der Waals surface area contributed by atoms with Gasteiger partial charge in [0.05, 0.1) is 12.3 Å². The van der Waals surface area contributed by atoms with Crippen LogP contribution in [0, 0.1) is 5.92 Å². The van der Waals surface area contributed by atoms with E-state index in [4.69, 9.17) is 0 Å². The average molecular weight is 209 g/mol. The van der Waals surface area contributed by atoms with Gasteiger partial charge in [0.25, 0.3) is 0 Å². The first-order valence-corrected chi connectivity index (χ1v) is 5.31. The van der Waals surface area contributed by atoms with Crippen molar-refractivity contribution in [1.82, 2.24) is 15.0 Å². The number of carbonyl (C=O) groups is 1. The highest BCUT2D eigenvalue weighted by Crippen LogP contribution is 2.25. The monoisotopic (exact) mass is 209 g/mol. The second-order valence-electron chi connectivity index (χ2n) is 4.17. The van der Waals surface area contributed by atoms with Crippen LogP contribution in [-0.2, 0) is 6.54 Å². The molecular formula is C10H15N3O2. The maximum Gasteiger partial charge on any atom is 0.171 e. The lowest BCUT2D eigenvalue weighted by molar-refractivity contribution is 0.0939. The third-order valence-electron chi connectivity index (χ3n) is 2.88. The smallest absolute Gasteiger partial charge is 0.171 e. The predicted molar refractivity (Wildman–Crippen MR) is 53.4 cm³/mol. The Balaban J connectivity index is 1.92. The van der Waals surface area contributed by atoms with Crippen LogP contribution in [0.4, 0.5) is 0 Å². The zero-order valence-electron chi connectivity index (χ0n) is 8.54. The Morgan fingerprint density at radius 2 is 2.47 bits per heavy atom. The van der Waals surface area contributed by atoms with Gasteiger partial charge in [-0.2, -0.15) is 0 Å². The molecule has 0 aromatic carbocycles. The molecule has 15 heavy (non-hydrogen) atoms. The molecule has 2 atom stereocenters. The van der Waals surface area contributed by atoms with Crippen molar-refractivity contribution >= 4 is 6.29 Å². The molecule has 2 rings (SSSR count). The Labute approximate surface area is 88.1 Å². The second-order valence-corrected chi connectivity index (χ2v) is 4.17. The maximum absolute atomic E-state index is 10.4. The molecular weight excluding hydrogens is 194 g/mol. The quantitative estimate of drug-likeness (QED) is 0.742. The minimum Gasteiger partial charge on any atom is -0.393 e. The van der Waals surface area contributed by atoms with Crippen LogP contribution >= 0.6 is 0 Å². The van der Waals surface area contributed by atoms with Crippen molar-refractivity contribution in [2.45, 2.75) is 38.3 Å². The number of aliphatic hydroxyl groups excluding tert-OH is 1. The van der Waals surface area contributed by atoms with E-state index in [1.54, 1.807) is 10.9 Å². The predicted octanol–water partition coefficient (Wildman–Crippen LogP) is 0.642. The Morgan fingerprint density at radius 1 is 1.60 bits per heavy atom. The van der Waals surface area contributed by atoms with Gasteiger partial charge in [0.1, 0.15) is 5.69 Å². The van der Waals surface area contributed by atoms with Crippen LogP contribution in [0.5, 0.6) is 0 Å². The molecule has 1 saturated carbocycles. The first-order valence-electron chi connectivity index (χ1n) is 5.31. The van der Waals surface area contributed by atoms with Crippen LogP contribution in [0.2, 0.25) is 0 Å². The summed E-state index contributed by atoms with van der Waals surface area (Å²) in [6, 6.07) is 0. The summed E-state index contributed by atoms with van der Waals surface area (Å²) in [4.78, 5) is 10.4. The highest BCUT2D eigenvalue weighted by Gasteiger charge is 2.20. The zero-order valence-corrected chi connectivity index (χ0v) is 8.54. The molecule has 82 valence electrons. The summed E-state index contributed by atoms with van der Waals surface area (Å²) in [5, 5.41) is 17.1. The molecule has 0 radical (unpaired) electrons. The number of hydrogen-bond donors (Lipinski definition) is 1. The average Bonchev–Trinajstić information content (AvgIpc) is 2.65. The second kappa shape index (κ2) is 4.53. The standard InChI is InChI=1S/C10H15N3O2/c14-7-9-6-13(12-11-9)5-8-2-1-3-10(15)4-8/h6-8,10,15H,1-5H2. The minimum absolute atomic E-state index is 0.169. The summed E-state index contributed by atoms with van der Waals surface area (Å²) in [5.41, 5.74) is 0.367. The van der Waals surface area contributed by atoms with Crippen LogP contribution in [0.3, 0.4) is 0 Å². The van der Waals surface area contributed by atoms with Gasteiger partial charge in [-0.15, -0.1) is 5.10 Å². The molecule has 0 amide bonds. The number of rotatable bonds is 3. The lowest BCUT2D eigenvalue weighted by atomic mass is 9.87. The van der Waals surface area contributed by atoms with Crippen molar-refractivity contribution in [3.05, 3.63) is 11.9 Å². The van der Waals surface area contributed by atoms with E-state index in [9.17, 15) is 9.90 Å². The van der Waals surface area contributed by atoms with Crippen molar-refractivity contribution in [2.24, 2.45) is 5.92 Å². The first kappa shape index (κ1) is 10.3. The number of aldehydes is 1. The number of aliphatic hydroxyl groups is 1. The van der Waals surface area contributed by atoms with Gasteiger partial charge in [0.15, 0.2) is 6.29 Å². The van der Waals surface area contributed by atoms with Crippen molar-refractivity contribution in [1.29, 1.82) is 0 Å². The summed E-state index contributed by atoms with van der Waals surface area (Å²) >= 11 is 0. The van der Waals surface area contributed by atoms with E-state index in [1.807, 2.05) is 0 Å². The van der Waals surface area contributed by atoms with E-state index in [0.717, 1.165) is 32.2 Å². The fraction of sp³-hybridized carbons (Fsp3) is 0.700. The number of carbonyl (C=O) groups excluding carboxylic acids is 1. The van der Waals surface area contributed by atoms with Gasteiger partial charge in [0, 0.05) is 6.54 Å². The van der Waals surface area contributed by atoms with Crippen LogP contribution in [0.15, 0.2) is 6.20 Å². The largest absolute Gasteiger partial charge is 0.393 e. The topological polar surface area (TPSA) is 68.0 Å². The molecule has 2 unspecified atom stereocenters. The molecule has 1 fully saturated rings. The van der Waals surface area contributed by atoms with E-state index >= 15 is 0 Å². The number of hydrogen-bond acceptors (Lipinski definition) is 4. The van der Waals surface area contributed by atoms with Gasteiger partial charge in [-0.3, -0.25) is 9.48 Å². The van der Waals surface area contributed by atoms with Gasteiger partial charge in [-0.1, -0.05) is 11.6 Å². The molecule has 1 aliphatic rings. The van der Waals surface area contributed by atoms with E-state index in [1.165, 1.54) is 0 Å². The van der Waals surface area contributed by atoms with Crippen LogP contribution in [-0.4, -0.2) is 32.5 Å². The lowest BCUT2D eigenvalue weighted by Gasteiger charge is -2.25. The molecule has 5 heteroatoms. The van der Waals surface area contributed by atoms with E-state index in [0.29, 0.717) is 17.9 Å².